The van der Waals surface area contributed by atoms with E-state index in [9.17, 15) is 0 Å². The number of nitrogens with one attached hydrogen (secondary N) is 1. The lowest BCUT2D eigenvalue weighted by atomic mass is 10.3. The fraction of sp³-hybridized carbons (Fsp3) is 0.286. The zero-order chi connectivity index (χ0) is 14.5. The predicted molar refractivity (Wildman–Crippen MR) is 82.1 cm³/mol. The maximum absolute atomic E-state index is 5.96. The van der Waals surface area contributed by atoms with Crippen LogP contribution in [0, 0.1) is 6.92 Å². The number of aromatic nitrogens is 2. The van der Waals surface area contributed by atoms with E-state index in [0.717, 1.165) is 18.5 Å². The number of aryl methyl sites for hydroxylation is 1. The molecule has 0 fully saturated rings. The number of hydrogen-bond acceptors (Lipinski definition) is 4. The van der Waals surface area contributed by atoms with Gasteiger partial charge in [-0.3, -0.25) is 0 Å². The normalized spacial score (nSPS) is 10.4. The van der Waals surface area contributed by atoms with E-state index in [4.69, 9.17) is 27.9 Å². The van der Waals surface area contributed by atoms with E-state index in [-0.39, 0.29) is 0 Å². The van der Waals surface area contributed by atoms with Crippen molar-refractivity contribution < 1.29 is 4.74 Å². The number of ether oxygens (including phenoxy) is 1. The maximum atomic E-state index is 5.96. The standard InChI is InChI=1S/C14H15Cl2N3O/c1-3-6-17-14-18-8-9(2)13(19-14)20-10-4-5-11(15)12(16)7-10/h4-5,7-8H,3,6H2,1-2H3,(H,17,18,19). The van der Waals surface area contributed by atoms with E-state index >= 15 is 0 Å². The van der Waals surface area contributed by atoms with E-state index in [1.54, 1.807) is 24.4 Å². The summed E-state index contributed by atoms with van der Waals surface area (Å²) < 4.78 is 5.73. The van der Waals surface area contributed by atoms with Gasteiger partial charge in [0.1, 0.15) is 5.75 Å². The molecule has 0 amide bonds. The van der Waals surface area contributed by atoms with Gasteiger partial charge in [0.05, 0.1) is 10.0 Å². The molecule has 0 atom stereocenters. The van der Waals surface area contributed by atoms with Crippen LogP contribution in [0.5, 0.6) is 11.6 Å². The van der Waals surface area contributed by atoms with Crippen LogP contribution in [0.4, 0.5) is 5.95 Å². The maximum Gasteiger partial charge on any atom is 0.226 e. The third-order valence-electron chi connectivity index (χ3n) is 2.56. The Morgan fingerprint density at radius 1 is 1.25 bits per heavy atom. The average molecular weight is 312 g/mol. The second-order valence-corrected chi connectivity index (χ2v) is 5.10. The molecule has 0 saturated heterocycles. The minimum absolute atomic E-state index is 0.445. The van der Waals surface area contributed by atoms with Crippen molar-refractivity contribution in [1.29, 1.82) is 0 Å². The van der Waals surface area contributed by atoms with Crippen molar-refractivity contribution in [3.8, 4) is 11.6 Å². The minimum Gasteiger partial charge on any atom is -0.439 e. The van der Waals surface area contributed by atoms with Gasteiger partial charge in [-0.15, -0.1) is 0 Å². The van der Waals surface area contributed by atoms with Gasteiger partial charge in [-0.25, -0.2) is 4.98 Å². The molecule has 0 radical (unpaired) electrons. The predicted octanol–water partition coefficient (Wildman–Crippen LogP) is 4.71. The lowest BCUT2D eigenvalue weighted by molar-refractivity contribution is 0.458. The average Bonchev–Trinajstić information content (AvgIpc) is 2.44. The van der Waals surface area contributed by atoms with Crippen molar-refractivity contribution in [3.05, 3.63) is 40.0 Å². The second kappa shape index (κ2) is 6.77. The van der Waals surface area contributed by atoms with E-state index < -0.39 is 0 Å². The molecule has 1 N–H and O–H groups in total. The van der Waals surface area contributed by atoms with Gasteiger partial charge in [-0.1, -0.05) is 30.1 Å². The third kappa shape index (κ3) is 3.74. The van der Waals surface area contributed by atoms with E-state index in [1.807, 2.05) is 6.92 Å². The Morgan fingerprint density at radius 3 is 2.75 bits per heavy atom. The summed E-state index contributed by atoms with van der Waals surface area (Å²) in [6.45, 7) is 4.78. The lowest BCUT2D eigenvalue weighted by Crippen LogP contribution is -2.05. The molecule has 0 unspecified atom stereocenters. The first-order valence-electron chi connectivity index (χ1n) is 6.30. The summed E-state index contributed by atoms with van der Waals surface area (Å²) in [5.74, 6) is 1.63. The highest BCUT2D eigenvalue weighted by Crippen LogP contribution is 2.30. The Labute approximate surface area is 128 Å². The van der Waals surface area contributed by atoms with Crippen LogP contribution in [0.2, 0.25) is 10.0 Å². The van der Waals surface area contributed by atoms with Crippen LogP contribution in [-0.2, 0) is 0 Å². The van der Waals surface area contributed by atoms with Gasteiger partial charge in [0, 0.05) is 24.4 Å². The molecule has 0 saturated carbocycles. The highest BCUT2D eigenvalue weighted by Gasteiger charge is 2.07. The Bertz CT molecular complexity index is 605. The Morgan fingerprint density at radius 2 is 2.05 bits per heavy atom. The highest BCUT2D eigenvalue weighted by atomic mass is 35.5. The van der Waals surface area contributed by atoms with Crippen LogP contribution in [0.15, 0.2) is 24.4 Å². The molecule has 2 aromatic rings. The van der Waals surface area contributed by atoms with Crippen LogP contribution in [0.25, 0.3) is 0 Å². The molecular weight excluding hydrogens is 297 g/mol. The molecule has 0 aliphatic rings. The van der Waals surface area contributed by atoms with Gasteiger partial charge >= 0.3 is 0 Å². The largest absolute Gasteiger partial charge is 0.439 e. The SMILES string of the molecule is CCCNc1ncc(C)c(Oc2ccc(Cl)c(Cl)c2)n1. The topological polar surface area (TPSA) is 47.0 Å². The molecule has 2 rings (SSSR count). The summed E-state index contributed by atoms with van der Waals surface area (Å²) in [6.07, 6.45) is 2.72. The van der Waals surface area contributed by atoms with Gasteiger partial charge in [-0.05, 0) is 25.5 Å². The second-order valence-electron chi connectivity index (χ2n) is 4.29. The molecule has 1 aromatic carbocycles. The van der Waals surface area contributed by atoms with Crippen molar-refractivity contribution in [2.75, 3.05) is 11.9 Å². The first kappa shape index (κ1) is 14.9. The number of benzene rings is 1. The number of nitrogens with zero attached hydrogens (tertiary/aromatic N) is 2. The van der Waals surface area contributed by atoms with Crippen LogP contribution in [0.3, 0.4) is 0 Å². The van der Waals surface area contributed by atoms with E-state index in [2.05, 4.69) is 22.2 Å². The van der Waals surface area contributed by atoms with Gasteiger partial charge in [0.15, 0.2) is 0 Å². The number of rotatable bonds is 5. The summed E-state index contributed by atoms with van der Waals surface area (Å²) in [5, 5.41) is 4.05. The van der Waals surface area contributed by atoms with Crippen molar-refractivity contribution in [3.63, 3.8) is 0 Å². The molecule has 0 bridgehead atoms. The Kier molecular flexibility index (Phi) is 5.04. The Balaban J connectivity index is 2.20. The van der Waals surface area contributed by atoms with Crippen LogP contribution in [-0.4, -0.2) is 16.5 Å². The first-order valence-corrected chi connectivity index (χ1v) is 7.06. The fourth-order valence-electron chi connectivity index (χ4n) is 1.50. The van der Waals surface area contributed by atoms with Gasteiger partial charge < -0.3 is 10.1 Å². The number of hydrogen-bond donors (Lipinski definition) is 1. The number of anilines is 1. The quantitative estimate of drug-likeness (QED) is 0.869. The summed E-state index contributed by atoms with van der Waals surface area (Å²) in [4.78, 5) is 8.54. The van der Waals surface area contributed by atoms with Crippen molar-refractivity contribution in [2.45, 2.75) is 20.3 Å². The molecule has 6 heteroatoms. The summed E-state index contributed by atoms with van der Waals surface area (Å²) in [7, 11) is 0. The Hall–Kier alpha value is -1.52. The van der Waals surface area contributed by atoms with Crippen molar-refractivity contribution in [1.82, 2.24) is 9.97 Å². The van der Waals surface area contributed by atoms with Crippen molar-refractivity contribution in [2.24, 2.45) is 0 Å². The zero-order valence-electron chi connectivity index (χ0n) is 11.3. The van der Waals surface area contributed by atoms with Gasteiger partial charge in [0.2, 0.25) is 11.8 Å². The summed E-state index contributed by atoms with van der Waals surface area (Å²) in [5.41, 5.74) is 0.845. The molecule has 0 spiro atoms. The van der Waals surface area contributed by atoms with Crippen LogP contribution >= 0.6 is 23.2 Å². The summed E-state index contributed by atoms with van der Waals surface area (Å²) >= 11 is 11.8. The fourth-order valence-corrected chi connectivity index (χ4v) is 1.79. The monoisotopic (exact) mass is 311 g/mol. The van der Waals surface area contributed by atoms with Crippen LogP contribution in [0.1, 0.15) is 18.9 Å². The van der Waals surface area contributed by atoms with E-state index in [1.165, 1.54) is 0 Å². The first-order chi connectivity index (χ1) is 9.60. The minimum atomic E-state index is 0.445. The smallest absolute Gasteiger partial charge is 0.226 e. The molecule has 0 aliphatic heterocycles. The summed E-state index contributed by atoms with van der Waals surface area (Å²) in [6, 6.07) is 5.09. The molecule has 106 valence electrons. The molecule has 0 aliphatic carbocycles. The third-order valence-corrected chi connectivity index (χ3v) is 3.30. The molecule has 4 nitrogen and oxygen atoms in total. The zero-order valence-corrected chi connectivity index (χ0v) is 12.8. The van der Waals surface area contributed by atoms with Gasteiger partial charge in [-0.2, -0.15) is 4.98 Å². The molecule has 1 heterocycles. The van der Waals surface area contributed by atoms with Gasteiger partial charge in [0.25, 0.3) is 0 Å². The lowest BCUT2D eigenvalue weighted by Gasteiger charge is -2.10. The highest BCUT2D eigenvalue weighted by molar-refractivity contribution is 6.42. The molecule has 1 aromatic heterocycles. The molecular formula is C14H15Cl2N3O. The van der Waals surface area contributed by atoms with Crippen LogP contribution < -0.4 is 10.1 Å². The number of halogens is 2. The molecule has 20 heavy (non-hydrogen) atoms. The van der Waals surface area contributed by atoms with E-state index in [0.29, 0.717) is 27.6 Å². The van der Waals surface area contributed by atoms with Crippen molar-refractivity contribution >= 4 is 29.2 Å².